The molecule has 0 unspecified atom stereocenters. The molecule has 1 aromatic carbocycles. The van der Waals surface area contributed by atoms with Gasteiger partial charge >= 0.3 is 0 Å². The Labute approximate surface area is 111 Å². The van der Waals surface area contributed by atoms with E-state index < -0.39 is 0 Å². The van der Waals surface area contributed by atoms with Crippen LogP contribution in [-0.2, 0) is 6.42 Å². The number of rotatable bonds is 8. The summed E-state index contributed by atoms with van der Waals surface area (Å²) in [4.78, 5) is 0. The van der Waals surface area contributed by atoms with Crippen molar-refractivity contribution >= 4 is 11.6 Å². The highest BCUT2D eigenvalue weighted by molar-refractivity contribution is 6.30. The summed E-state index contributed by atoms with van der Waals surface area (Å²) in [6.45, 7) is 5.57. The van der Waals surface area contributed by atoms with E-state index >= 15 is 0 Å². The first-order chi connectivity index (χ1) is 8.26. The molecule has 0 heterocycles. The Morgan fingerprint density at radius 2 is 1.65 bits per heavy atom. The van der Waals surface area contributed by atoms with E-state index in [4.69, 9.17) is 11.6 Å². The molecule has 17 heavy (non-hydrogen) atoms. The van der Waals surface area contributed by atoms with E-state index in [0.717, 1.165) is 18.0 Å². The van der Waals surface area contributed by atoms with E-state index in [1.807, 2.05) is 12.1 Å². The molecule has 0 aliphatic heterocycles. The molecule has 1 N–H and O–H groups in total. The van der Waals surface area contributed by atoms with Crippen LogP contribution in [0, 0.1) is 0 Å². The Morgan fingerprint density at radius 3 is 2.18 bits per heavy atom. The molecule has 0 saturated heterocycles. The SMILES string of the molecule is CCCC(CCC)NCCc1ccc(Cl)cc1. The second-order valence-corrected chi connectivity index (χ2v) is 5.04. The molecule has 0 atom stereocenters. The predicted octanol–water partition coefficient (Wildman–Crippen LogP) is 4.44. The Kier molecular flexibility index (Phi) is 7.30. The fourth-order valence-electron chi connectivity index (χ4n) is 2.12. The Balaban J connectivity index is 2.27. The standard InChI is InChI=1S/C15H24ClN/c1-3-5-15(6-4-2)17-12-11-13-7-9-14(16)10-8-13/h7-10,15,17H,3-6,11-12H2,1-2H3. The van der Waals surface area contributed by atoms with Gasteiger partial charge in [-0.1, -0.05) is 50.4 Å². The summed E-state index contributed by atoms with van der Waals surface area (Å²) in [6.07, 6.45) is 6.18. The van der Waals surface area contributed by atoms with Gasteiger partial charge in [0.2, 0.25) is 0 Å². The lowest BCUT2D eigenvalue weighted by atomic mass is 10.1. The van der Waals surface area contributed by atoms with Gasteiger partial charge in [-0.2, -0.15) is 0 Å². The second kappa shape index (κ2) is 8.54. The maximum absolute atomic E-state index is 5.86. The van der Waals surface area contributed by atoms with Gasteiger partial charge in [0, 0.05) is 11.1 Å². The first kappa shape index (κ1) is 14.5. The normalized spacial score (nSPS) is 11.1. The minimum Gasteiger partial charge on any atom is -0.314 e. The highest BCUT2D eigenvalue weighted by Gasteiger charge is 2.04. The van der Waals surface area contributed by atoms with Crippen molar-refractivity contribution in [1.29, 1.82) is 0 Å². The monoisotopic (exact) mass is 253 g/mol. The molecule has 0 radical (unpaired) electrons. The molecule has 0 spiro atoms. The lowest BCUT2D eigenvalue weighted by Gasteiger charge is -2.17. The number of hydrogen-bond donors (Lipinski definition) is 1. The molecule has 0 aliphatic carbocycles. The van der Waals surface area contributed by atoms with E-state index in [2.05, 4.69) is 31.3 Å². The molecule has 1 nitrogen and oxygen atoms in total. The van der Waals surface area contributed by atoms with Gasteiger partial charge in [0.05, 0.1) is 0 Å². The molecule has 0 saturated carbocycles. The van der Waals surface area contributed by atoms with Crippen molar-refractivity contribution < 1.29 is 0 Å². The van der Waals surface area contributed by atoms with Crippen molar-refractivity contribution in [3.05, 3.63) is 34.9 Å². The van der Waals surface area contributed by atoms with Crippen LogP contribution in [0.25, 0.3) is 0 Å². The third kappa shape index (κ3) is 6.09. The predicted molar refractivity (Wildman–Crippen MR) is 76.8 cm³/mol. The van der Waals surface area contributed by atoms with Gasteiger partial charge in [0.1, 0.15) is 0 Å². The highest BCUT2D eigenvalue weighted by atomic mass is 35.5. The molecule has 96 valence electrons. The fourth-order valence-corrected chi connectivity index (χ4v) is 2.24. The molecule has 0 aromatic heterocycles. The Morgan fingerprint density at radius 1 is 1.06 bits per heavy atom. The number of halogens is 1. The van der Waals surface area contributed by atoms with Crippen LogP contribution < -0.4 is 5.32 Å². The van der Waals surface area contributed by atoms with E-state index in [0.29, 0.717) is 6.04 Å². The summed E-state index contributed by atoms with van der Waals surface area (Å²) in [7, 11) is 0. The van der Waals surface area contributed by atoms with Gasteiger partial charge in [0.25, 0.3) is 0 Å². The van der Waals surface area contributed by atoms with E-state index in [-0.39, 0.29) is 0 Å². The van der Waals surface area contributed by atoms with Crippen molar-refractivity contribution in [2.75, 3.05) is 6.54 Å². The van der Waals surface area contributed by atoms with E-state index in [9.17, 15) is 0 Å². The third-order valence-corrected chi connectivity index (χ3v) is 3.29. The smallest absolute Gasteiger partial charge is 0.0406 e. The minimum absolute atomic E-state index is 0.692. The topological polar surface area (TPSA) is 12.0 Å². The van der Waals surface area contributed by atoms with Gasteiger partial charge in [-0.3, -0.25) is 0 Å². The zero-order valence-corrected chi connectivity index (χ0v) is 11.8. The zero-order valence-electron chi connectivity index (χ0n) is 11.0. The maximum atomic E-state index is 5.86. The summed E-state index contributed by atoms with van der Waals surface area (Å²) < 4.78 is 0. The first-order valence-corrected chi connectivity index (χ1v) is 7.11. The summed E-state index contributed by atoms with van der Waals surface area (Å²) in [5, 5.41) is 4.47. The summed E-state index contributed by atoms with van der Waals surface area (Å²) in [5.41, 5.74) is 1.36. The van der Waals surface area contributed by atoms with Crippen LogP contribution in [0.15, 0.2) is 24.3 Å². The number of hydrogen-bond acceptors (Lipinski definition) is 1. The van der Waals surface area contributed by atoms with Crippen molar-refractivity contribution in [2.24, 2.45) is 0 Å². The first-order valence-electron chi connectivity index (χ1n) is 6.74. The molecule has 0 amide bonds. The summed E-state index contributed by atoms with van der Waals surface area (Å²) in [5.74, 6) is 0. The molecule has 2 heteroatoms. The van der Waals surface area contributed by atoms with Crippen LogP contribution in [0.1, 0.15) is 45.1 Å². The van der Waals surface area contributed by atoms with Crippen LogP contribution >= 0.6 is 11.6 Å². The maximum Gasteiger partial charge on any atom is 0.0406 e. The van der Waals surface area contributed by atoms with Gasteiger partial charge in [-0.05, 0) is 43.5 Å². The summed E-state index contributed by atoms with van der Waals surface area (Å²) in [6, 6.07) is 8.84. The molecule has 0 aliphatic rings. The largest absolute Gasteiger partial charge is 0.314 e. The van der Waals surface area contributed by atoms with Crippen molar-refractivity contribution in [2.45, 2.75) is 52.0 Å². The molecular weight excluding hydrogens is 230 g/mol. The zero-order chi connectivity index (χ0) is 12.5. The van der Waals surface area contributed by atoms with Gasteiger partial charge in [0.15, 0.2) is 0 Å². The Hall–Kier alpha value is -0.530. The molecular formula is C15H24ClN. The second-order valence-electron chi connectivity index (χ2n) is 4.60. The lowest BCUT2D eigenvalue weighted by Crippen LogP contribution is -2.30. The van der Waals surface area contributed by atoms with Gasteiger partial charge < -0.3 is 5.32 Å². The van der Waals surface area contributed by atoms with Crippen LogP contribution in [0.3, 0.4) is 0 Å². The van der Waals surface area contributed by atoms with Crippen molar-refractivity contribution in [3.63, 3.8) is 0 Å². The van der Waals surface area contributed by atoms with Gasteiger partial charge in [-0.25, -0.2) is 0 Å². The number of benzene rings is 1. The summed E-state index contributed by atoms with van der Waals surface area (Å²) >= 11 is 5.86. The lowest BCUT2D eigenvalue weighted by molar-refractivity contribution is 0.447. The molecule has 0 fully saturated rings. The van der Waals surface area contributed by atoms with Crippen LogP contribution in [0.5, 0.6) is 0 Å². The molecule has 0 bridgehead atoms. The van der Waals surface area contributed by atoms with E-state index in [1.54, 1.807) is 0 Å². The van der Waals surface area contributed by atoms with Crippen LogP contribution in [-0.4, -0.2) is 12.6 Å². The molecule has 1 rings (SSSR count). The number of nitrogens with one attached hydrogen (secondary N) is 1. The fraction of sp³-hybridized carbons (Fsp3) is 0.600. The highest BCUT2D eigenvalue weighted by Crippen LogP contribution is 2.10. The molecule has 1 aromatic rings. The van der Waals surface area contributed by atoms with Gasteiger partial charge in [-0.15, -0.1) is 0 Å². The average Bonchev–Trinajstić information content (AvgIpc) is 2.32. The third-order valence-electron chi connectivity index (χ3n) is 3.03. The van der Waals surface area contributed by atoms with Crippen molar-refractivity contribution in [3.8, 4) is 0 Å². The average molecular weight is 254 g/mol. The minimum atomic E-state index is 0.692. The van der Waals surface area contributed by atoms with Crippen LogP contribution in [0.2, 0.25) is 5.02 Å². The van der Waals surface area contributed by atoms with E-state index in [1.165, 1.54) is 31.2 Å². The van der Waals surface area contributed by atoms with Crippen molar-refractivity contribution in [1.82, 2.24) is 5.32 Å². The van der Waals surface area contributed by atoms with Crippen LogP contribution in [0.4, 0.5) is 0 Å². The quantitative estimate of drug-likeness (QED) is 0.722. The Bertz CT molecular complexity index is 288.